The van der Waals surface area contributed by atoms with Gasteiger partial charge in [-0.15, -0.1) is 0 Å². The number of para-hydroxylation sites is 2. The van der Waals surface area contributed by atoms with Gasteiger partial charge in [0.05, 0.1) is 7.11 Å². The topological polar surface area (TPSA) is 44.5 Å². The lowest BCUT2D eigenvalue weighted by molar-refractivity contribution is 0.371. The van der Waals surface area contributed by atoms with Crippen molar-refractivity contribution in [2.24, 2.45) is 5.73 Å². The van der Waals surface area contributed by atoms with E-state index >= 15 is 0 Å². The summed E-state index contributed by atoms with van der Waals surface area (Å²) in [6.45, 7) is 1.80. The van der Waals surface area contributed by atoms with Crippen LogP contribution in [0.5, 0.6) is 17.2 Å². The van der Waals surface area contributed by atoms with Crippen LogP contribution >= 0.6 is 0 Å². The summed E-state index contributed by atoms with van der Waals surface area (Å²) >= 11 is 0. The van der Waals surface area contributed by atoms with E-state index in [0.29, 0.717) is 11.5 Å². The molecular weight excluding hydrogens is 245 g/mol. The number of methoxy groups -OCH3 is 1. The zero-order valence-electron chi connectivity index (χ0n) is 10.9. The minimum Gasteiger partial charge on any atom is -0.493 e. The zero-order chi connectivity index (χ0) is 13.8. The lowest BCUT2D eigenvalue weighted by Gasteiger charge is -2.12. The number of halogens is 1. The Hall–Kier alpha value is -2.07. The maximum Gasteiger partial charge on any atom is 0.169 e. The SMILES string of the molecule is COc1ccccc1Oc1ccc(C(C)N)cc1F. The molecule has 1 unspecified atom stereocenters. The Balaban J connectivity index is 2.28. The number of ether oxygens (including phenoxy) is 2. The van der Waals surface area contributed by atoms with Crippen molar-refractivity contribution < 1.29 is 13.9 Å². The molecule has 2 rings (SSSR count). The van der Waals surface area contributed by atoms with E-state index in [-0.39, 0.29) is 11.8 Å². The average molecular weight is 261 g/mol. The van der Waals surface area contributed by atoms with E-state index in [1.54, 1.807) is 37.3 Å². The average Bonchev–Trinajstić information content (AvgIpc) is 2.41. The zero-order valence-corrected chi connectivity index (χ0v) is 10.9. The molecule has 100 valence electrons. The maximum absolute atomic E-state index is 13.9. The third-order valence-corrected chi connectivity index (χ3v) is 2.77. The van der Waals surface area contributed by atoms with Crippen LogP contribution in [-0.2, 0) is 0 Å². The molecule has 0 aliphatic heterocycles. The third kappa shape index (κ3) is 3.03. The Labute approximate surface area is 111 Å². The molecule has 0 saturated carbocycles. The third-order valence-electron chi connectivity index (χ3n) is 2.77. The van der Waals surface area contributed by atoms with Crippen molar-refractivity contribution in [3.63, 3.8) is 0 Å². The van der Waals surface area contributed by atoms with Gasteiger partial charge in [-0.05, 0) is 36.8 Å². The second-order valence-electron chi connectivity index (χ2n) is 4.23. The number of rotatable bonds is 4. The molecule has 0 heterocycles. The quantitative estimate of drug-likeness (QED) is 0.913. The molecule has 0 fully saturated rings. The Morgan fingerprint density at radius 3 is 2.32 bits per heavy atom. The molecule has 0 radical (unpaired) electrons. The predicted molar refractivity (Wildman–Crippen MR) is 72.1 cm³/mol. The highest BCUT2D eigenvalue weighted by Crippen LogP contribution is 2.32. The fourth-order valence-electron chi connectivity index (χ4n) is 1.70. The van der Waals surface area contributed by atoms with Crippen LogP contribution in [0.15, 0.2) is 42.5 Å². The largest absolute Gasteiger partial charge is 0.493 e. The van der Waals surface area contributed by atoms with Gasteiger partial charge in [0, 0.05) is 6.04 Å². The summed E-state index contributed by atoms with van der Waals surface area (Å²) in [7, 11) is 1.54. The van der Waals surface area contributed by atoms with Crippen LogP contribution in [0.3, 0.4) is 0 Å². The summed E-state index contributed by atoms with van der Waals surface area (Å²) in [5, 5.41) is 0. The molecule has 0 aliphatic carbocycles. The van der Waals surface area contributed by atoms with Crippen molar-refractivity contribution in [3.05, 3.63) is 53.8 Å². The Bertz CT molecular complexity index is 570. The lowest BCUT2D eigenvalue weighted by Crippen LogP contribution is -2.05. The summed E-state index contributed by atoms with van der Waals surface area (Å²) in [6.07, 6.45) is 0. The van der Waals surface area contributed by atoms with Gasteiger partial charge in [-0.1, -0.05) is 18.2 Å². The Morgan fingerprint density at radius 1 is 1.05 bits per heavy atom. The molecule has 0 bridgehead atoms. The van der Waals surface area contributed by atoms with Gasteiger partial charge >= 0.3 is 0 Å². The molecule has 2 N–H and O–H groups in total. The second-order valence-corrected chi connectivity index (χ2v) is 4.23. The van der Waals surface area contributed by atoms with Crippen LogP contribution in [0.25, 0.3) is 0 Å². The lowest BCUT2D eigenvalue weighted by atomic mass is 10.1. The van der Waals surface area contributed by atoms with Gasteiger partial charge in [-0.3, -0.25) is 0 Å². The summed E-state index contributed by atoms with van der Waals surface area (Å²) < 4.78 is 24.6. The molecule has 4 heteroatoms. The molecule has 19 heavy (non-hydrogen) atoms. The maximum atomic E-state index is 13.9. The van der Waals surface area contributed by atoms with Crippen LogP contribution in [0.1, 0.15) is 18.5 Å². The van der Waals surface area contributed by atoms with Crippen molar-refractivity contribution in [3.8, 4) is 17.2 Å². The molecule has 1 atom stereocenters. The first-order valence-corrected chi connectivity index (χ1v) is 5.97. The first-order chi connectivity index (χ1) is 9.11. The first kappa shape index (κ1) is 13.4. The molecule has 0 aliphatic rings. The highest BCUT2D eigenvalue weighted by molar-refractivity contribution is 5.43. The molecule has 0 spiro atoms. The normalized spacial score (nSPS) is 12.0. The van der Waals surface area contributed by atoms with Gasteiger partial charge in [-0.2, -0.15) is 0 Å². The van der Waals surface area contributed by atoms with Gasteiger partial charge in [0.15, 0.2) is 23.1 Å². The van der Waals surface area contributed by atoms with E-state index < -0.39 is 5.82 Å². The van der Waals surface area contributed by atoms with Crippen LogP contribution in [0.4, 0.5) is 4.39 Å². The molecule has 3 nitrogen and oxygen atoms in total. The minimum absolute atomic E-state index is 0.147. The summed E-state index contributed by atoms with van der Waals surface area (Å²) in [5.74, 6) is 0.727. The monoisotopic (exact) mass is 261 g/mol. The smallest absolute Gasteiger partial charge is 0.169 e. The second kappa shape index (κ2) is 5.71. The van der Waals surface area contributed by atoms with Gasteiger partial charge in [0.1, 0.15) is 0 Å². The van der Waals surface area contributed by atoms with E-state index in [1.807, 2.05) is 6.07 Å². The Morgan fingerprint density at radius 2 is 1.74 bits per heavy atom. The summed E-state index contributed by atoms with van der Waals surface area (Å²) in [6, 6.07) is 11.6. The Kier molecular flexibility index (Phi) is 4.02. The number of hydrogen-bond donors (Lipinski definition) is 1. The van der Waals surface area contributed by atoms with Crippen LogP contribution in [-0.4, -0.2) is 7.11 Å². The first-order valence-electron chi connectivity index (χ1n) is 5.97. The van der Waals surface area contributed by atoms with E-state index in [4.69, 9.17) is 15.2 Å². The molecule has 0 saturated heterocycles. The van der Waals surface area contributed by atoms with Crippen molar-refractivity contribution >= 4 is 0 Å². The number of hydrogen-bond acceptors (Lipinski definition) is 3. The van der Waals surface area contributed by atoms with Crippen LogP contribution in [0, 0.1) is 5.82 Å². The van der Waals surface area contributed by atoms with Crippen molar-refractivity contribution in [2.75, 3.05) is 7.11 Å². The highest BCUT2D eigenvalue weighted by atomic mass is 19.1. The van der Waals surface area contributed by atoms with Crippen LogP contribution < -0.4 is 15.2 Å². The fraction of sp³-hybridized carbons (Fsp3) is 0.200. The molecule has 2 aromatic rings. The number of nitrogens with two attached hydrogens (primary N) is 1. The van der Waals surface area contributed by atoms with Gasteiger partial charge < -0.3 is 15.2 Å². The molecule has 0 amide bonds. The van der Waals surface area contributed by atoms with E-state index in [1.165, 1.54) is 13.2 Å². The molecule has 2 aromatic carbocycles. The van der Waals surface area contributed by atoms with Crippen molar-refractivity contribution in [1.82, 2.24) is 0 Å². The predicted octanol–water partition coefficient (Wildman–Crippen LogP) is 3.65. The van der Waals surface area contributed by atoms with E-state index in [0.717, 1.165) is 5.56 Å². The molecule has 0 aromatic heterocycles. The molecular formula is C15H16FNO2. The van der Waals surface area contributed by atoms with Gasteiger partial charge in [0.2, 0.25) is 0 Å². The summed E-state index contributed by atoms with van der Waals surface area (Å²) in [4.78, 5) is 0. The van der Waals surface area contributed by atoms with Crippen molar-refractivity contribution in [1.29, 1.82) is 0 Å². The number of benzene rings is 2. The van der Waals surface area contributed by atoms with Gasteiger partial charge in [0.25, 0.3) is 0 Å². The summed E-state index contributed by atoms with van der Waals surface area (Å²) in [5.41, 5.74) is 6.43. The van der Waals surface area contributed by atoms with E-state index in [2.05, 4.69) is 0 Å². The highest BCUT2D eigenvalue weighted by Gasteiger charge is 2.10. The van der Waals surface area contributed by atoms with Gasteiger partial charge in [-0.25, -0.2) is 4.39 Å². The minimum atomic E-state index is -0.444. The van der Waals surface area contributed by atoms with E-state index in [9.17, 15) is 4.39 Å². The van der Waals surface area contributed by atoms with Crippen molar-refractivity contribution in [2.45, 2.75) is 13.0 Å². The van der Waals surface area contributed by atoms with Crippen LogP contribution in [0.2, 0.25) is 0 Å². The fourth-order valence-corrected chi connectivity index (χ4v) is 1.70. The standard InChI is InChI=1S/C15H16FNO2/c1-10(17)11-7-8-13(12(16)9-11)19-15-6-4-3-5-14(15)18-2/h3-10H,17H2,1-2H3.